The van der Waals surface area contributed by atoms with E-state index >= 15 is 0 Å². The van der Waals surface area contributed by atoms with Crippen molar-refractivity contribution in [3.63, 3.8) is 0 Å². The van der Waals surface area contributed by atoms with Gasteiger partial charge in [-0.2, -0.15) is 5.26 Å². The monoisotopic (exact) mass is 408 g/mol. The van der Waals surface area contributed by atoms with Crippen LogP contribution in [0.4, 0.5) is 8.78 Å². The first-order valence-corrected chi connectivity index (χ1v) is 8.28. The predicted octanol–water partition coefficient (Wildman–Crippen LogP) is 3.99. The van der Waals surface area contributed by atoms with Gasteiger partial charge >= 0.3 is 0 Å². The van der Waals surface area contributed by atoms with E-state index in [2.05, 4.69) is 21.2 Å². The van der Waals surface area contributed by atoms with Crippen molar-refractivity contribution < 1.29 is 18.3 Å². The Morgan fingerprint density at radius 3 is 2.40 bits per heavy atom. The minimum atomic E-state index is -1.39. The summed E-state index contributed by atoms with van der Waals surface area (Å²) in [7, 11) is 0. The minimum Gasteiger partial charge on any atom is -0.364 e. The van der Waals surface area contributed by atoms with Crippen molar-refractivity contribution >= 4 is 21.8 Å². The largest absolute Gasteiger partial charge is 0.364 e. The van der Waals surface area contributed by atoms with Crippen LogP contribution in [0.2, 0.25) is 0 Å². The van der Waals surface area contributed by atoms with Crippen LogP contribution in [0.5, 0.6) is 0 Å². The van der Waals surface area contributed by atoms with Crippen LogP contribution in [-0.4, -0.2) is 12.5 Å². The van der Waals surface area contributed by atoms with Crippen molar-refractivity contribution in [3.05, 3.63) is 69.2 Å². The Labute approximate surface area is 152 Å². The number of ether oxygens (including phenoxy) is 1. The number of nitriles is 1. The van der Waals surface area contributed by atoms with Crippen molar-refractivity contribution in [1.29, 1.82) is 5.26 Å². The zero-order valence-electron chi connectivity index (χ0n) is 13.4. The topological polar surface area (TPSA) is 62.1 Å². The first-order chi connectivity index (χ1) is 12.0. The van der Waals surface area contributed by atoms with Crippen molar-refractivity contribution in [2.75, 3.05) is 6.61 Å². The maximum Gasteiger partial charge on any atom is 0.254 e. The van der Waals surface area contributed by atoms with Gasteiger partial charge in [0.2, 0.25) is 0 Å². The average molecular weight is 409 g/mol. The highest BCUT2D eigenvalue weighted by atomic mass is 79.9. The lowest BCUT2D eigenvalue weighted by Gasteiger charge is -2.18. The second-order valence-electron chi connectivity index (χ2n) is 5.15. The lowest BCUT2D eigenvalue weighted by Crippen LogP contribution is -2.31. The number of nitrogens with one attached hydrogen (secondary N) is 1. The van der Waals surface area contributed by atoms with E-state index in [1.165, 1.54) is 0 Å². The number of halogens is 3. The van der Waals surface area contributed by atoms with Gasteiger partial charge in [0.25, 0.3) is 5.91 Å². The van der Waals surface area contributed by atoms with E-state index in [9.17, 15) is 13.6 Å². The molecule has 2 rings (SSSR count). The maximum absolute atomic E-state index is 14.1. The number of rotatable bonds is 6. The molecule has 0 saturated carbocycles. The third-order valence-corrected chi connectivity index (χ3v) is 3.89. The molecule has 25 heavy (non-hydrogen) atoms. The fourth-order valence-corrected chi connectivity index (χ4v) is 2.64. The number of nitrogens with zero attached hydrogens (tertiary/aromatic N) is 1. The summed E-state index contributed by atoms with van der Waals surface area (Å²) >= 11 is 3.00. The third-order valence-electron chi connectivity index (χ3n) is 3.43. The van der Waals surface area contributed by atoms with Crippen LogP contribution in [0.3, 0.4) is 0 Å². The number of hydrogen-bond acceptors (Lipinski definition) is 3. The second kappa shape index (κ2) is 8.70. The van der Waals surface area contributed by atoms with Gasteiger partial charge in [0.05, 0.1) is 17.2 Å². The Morgan fingerprint density at radius 2 is 1.88 bits per heavy atom. The summed E-state index contributed by atoms with van der Waals surface area (Å²) in [5.41, 5.74) is 0.822. The highest BCUT2D eigenvalue weighted by Crippen LogP contribution is 2.27. The summed E-state index contributed by atoms with van der Waals surface area (Å²) in [6.07, 6.45) is -1.39. The van der Waals surface area contributed by atoms with Crippen LogP contribution in [0.15, 0.2) is 40.9 Å². The van der Waals surface area contributed by atoms with Gasteiger partial charge in [-0.1, -0.05) is 28.1 Å². The fraction of sp³-hybridized carbons (Fsp3) is 0.222. The molecule has 0 aliphatic carbocycles. The molecule has 0 aromatic heterocycles. The Morgan fingerprint density at radius 1 is 1.28 bits per heavy atom. The Bertz CT molecular complexity index is 781. The van der Waals surface area contributed by atoms with E-state index in [0.29, 0.717) is 5.56 Å². The highest BCUT2D eigenvalue weighted by molar-refractivity contribution is 9.10. The van der Waals surface area contributed by atoms with Crippen LogP contribution in [-0.2, 0) is 16.1 Å². The summed E-state index contributed by atoms with van der Waals surface area (Å²) < 4.78 is 33.8. The van der Waals surface area contributed by atoms with Gasteiger partial charge in [0.1, 0.15) is 11.6 Å². The van der Waals surface area contributed by atoms with Crippen LogP contribution in [0.1, 0.15) is 29.7 Å². The molecular formula is C18H15BrF2N2O2. The molecule has 4 nitrogen and oxygen atoms in total. The normalized spacial score (nSPS) is 11.6. The molecule has 7 heteroatoms. The lowest BCUT2D eigenvalue weighted by atomic mass is 10.1. The molecular weight excluding hydrogens is 394 g/mol. The van der Waals surface area contributed by atoms with Crippen molar-refractivity contribution in [2.24, 2.45) is 0 Å². The van der Waals surface area contributed by atoms with E-state index in [1.54, 1.807) is 31.2 Å². The molecule has 1 atom stereocenters. The van der Waals surface area contributed by atoms with E-state index < -0.39 is 29.2 Å². The SMILES string of the molecule is CCO[C@H](C(=O)NCc1ccc(C#N)cc1)c1c(F)cc(Br)cc1F. The van der Waals surface area contributed by atoms with Crippen LogP contribution < -0.4 is 5.32 Å². The molecule has 0 heterocycles. The molecule has 1 N–H and O–H groups in total. The number of carbonyl (C=O) groups excluding carboxylic acids is 1. The average Bonchev–Trinajstić information content (AvgIpc) is 2.58. The number of amides is 1. The standard InChI is InChI=1S/C18H15BrF2N2O2/c1-2-25-17(16-14(20)7-13(19)8-15(16)21)18(24)23-10-12-5-3-11(9-22)4-6-12/h3-8,17H,2,10H2,1H3,(H,23,24)/t17-/m0/s1. The summed E-state index contributed by atoms with van der Waals surface area (Å²) in [5.74, 6) is -2.37. The molecule has 0 aliphatic rings. The molecule has 130 valence electrons. The summed E-state index contributed by atoms with van der Waals surface area (Å²) in [5, 5.41) is 11.4. The smallest absolute Gasteiger partial charge is 0.254 e. The van der Waals surface area contributed by atoms with Crippen molar-refractivity contribution in [2.45, 2.75) is 19.6 Å². The van der Waals surface area contributed by atoms with Crippen molar-refractivity contribution in [1.82, 2.24) is 5.32 Å². The highest BCUT2D eigenvalue weighted by Gasteiger charge is 2.28. The second-order valence-corrected chi connectivity index (χ2v) is 6.06. The Hall–Kier alpha value is -2.30. The van der Waals surface area contributed by atoms with Crippen LogP contribution in [0.25, 0.3) is 0 Å². The molecule has 0 saturated heterocycles. The zero-order chi connectivity index (χ0) is 18.4. The van der Waals surface area contributed by atoms with E-state index in [4.69, 9.17) is 10.00 Å². The van der Waals surface area contributed by atoms with Gasteiger partial charge in [-0.15, -0.1) is 0 Å². The molecule has 1 amide bonds. The number of carbonyl (C=O) groups is 1. The first-order valence-electron chi connectivity index (χ1n) is 7.49. The maximum atomic E-state index is 14.1. The van der Waals surface area contributed by atoms with Gasteiger partial charge in [0.15, 0.2) is 6.10 Å². The zero-order valence-corrected chi connectivity index (χ0v) is 14.9. The summed E-state index contributed by atoms with van der Waals surface area (Å²) in [6, 6.07) is 10.8. The Kier molecular flexibility index (Phi) is 6.62. The first kappa shape index (κ1) is 19.0. The van der Waals surface area contributed by atoms with Gasteiger partial charge < -0.3 is 10.1 Å². The molecule has 0 spiro atoms. The Balaban J connectivity index is 2.16. The van der Waals surface area contributed by atoms with Gasteiger partial charge in [-0.05, 0) is 36.8 Å². The van der Waals surface area contributed by atoms with Crippen LogP contribution >= 0.6 is 15.9 Å². The molecule has 2 aromatic rings. The van der Waals surface area contributed by atoms with Gasteiger partial charge in [0, 0.05) is 17.6 Å². The molecule has 2 aromatic carbocycles. The minimum absolute atomic E-state index is 0.115. The summed E-state index contributed by atoms with van der Waals surface area (Å²) in [6.45, 7) is 1.90. The van der Waals surface area contributed by atoms with E-state index in [0.717, 1.165) is 17.7 Å². The molecule has 0 fully saturated rings. The van der Waals surface area contributed by atoms with E-state index in [-0.39, 0.29) is 17.6 Å². The van der Waals surface area contributed by atoms with Gasteiger partial charge in [-0.25, -0.2) is 8.78 Å². The number of hydrogen-bond donors (Lipinski definition) is 1. The molecule has 0 radical (unpaired) electrons. The third kappa shape index (κ3) is 4.84. The van der Waals surface area contributed by atoms with Crippen molar-refractivity contribution in [3.8, 4) is 6.07 Å². The van der Waals surface area contributed by atoms with Crippen LogP contribution in [0, 0.1) is 23.0 Å². The predicted molar refractivity (Wildman–Crippen MR) is 91.4 cm³/mol. The number of benzene rings is 2. The lowest BCUT2D eigenvalue weighted by molar-refractivity contribution is -0.133. The molecule has 0 unspecified atom stereocenters. The summed E-state index contributed by atoms with van der Waals surface area (Å²) in [4.78, 5) is 12.4. The quantitative estimate of drug-likeness (QED) is 0.785. The fourth-order valence-electron chi connectivity index (χ4n) is 2.24. The van der Waals surface area contributed by atoms with E-state index in [1.807, 2.05) is 6.07 Å². The van der Waals surface area contributed by atoms with Gasteiger partial charge in [-0.3, -0.25) is 4.79 Å². The molecule has 0 bridgehead atoms. The molecule has 0 aliphatic heterocycles.